The van der Waals surface area contributed by atoms with Gasteiger partial charge in [0.15, 0.2) is 0 Å². The number of aromatic nitrogens is 2. The second-order valence-corrected chi connectivity index (χ2v) is 8.86. The number of aromatic amines is 1. The fourth-order valence-corrected chi connectivity index (χ4v) is 4.92. The Morgan fingerprint density at radius 3 is 2.46 bits per heavy atom. The molecule has 2 aromatic heterocycles. The molecule has 24 heavy (non-hydrogen) atoms. The maximum absolute atomic E-state index is 12.6. The van der Waals surface area contributed by atoms with Crippen LogP contribution in [0.4, 0.5) is 5.69 Å². The van der Waals surface area contributed by atoms with E-state index in [2.05, 4.69) is 14.9 Å². The molecule has 126 valence electrons. The van der Waals surface area contributed by atoms with Crippen molar-refractivity contribution >= 4 is 27.0 Å². The van der Waals surface area contributed by atoms with Crippen molar-refractivity contribution in [2.45, 2.75) is 31.9 Å². The standard InChI is InChI=1S/C17H19N3O2S2/c1-10-5-6-14(11(2)9-10)20-24(21,22)16-8-7-15(23-16)17-12(3)13(4)18-19-17/h5-9,20H,1-4H3,(H,18,19). The second kappa shape index (κ2) is 6.07. The van der Waals surface area contributed by atoms with E-state index in [-0.39, 0.29) is 4.21 Å². The van der Waals surface area contributed by atoms with Gasteiger partial charge in [-0.2, -0.15) is 5.10 Å². The van der Waals surface area contributed by atoms with Crippen molar-refractivity contribution in [2.75, 3.05) is 4.72 Å². The third-order valence-corrected chi connectivity index (χ3v) is 6.91. The number of hydrogen-bond donors (Lipinski definition) is 2. The maximum Gasteiger partial charge on any atom is 0.271 e. The van der Waals surface area contributed by atoms with Crippen molar-refractivity contribution in [3.05, 3.63) is 52.7 Å². The Kier molecular flexibility index (Phi) is 4.23. The number of hydrogen-bond acceptors (Lipinski definition) is 4. The monoisotopic (exact) mass is 361 g/mol. The molecule has 0 saturated heterocycles. The first-order chi connectivity index (χ1) is 11.3. The zero-order chi connectivity index (χ0) is 17.5. The summed E-state index contributed by atoms with van der Waals surface area (Å²) in [6.07, 6.45) is 0. The van der Waals surface area contributed by atoms with E-state index < -0.39 is 10.0 Å². The number of benzene rings is 1. The van der Waals surface area contributed by atoms with E-state index in [0.717, 1.165) is 33.0 Å². The van der Waals surface area contributed by atoms with Crippen molar-refractivity contribution in [3.8, 4) is 10.6 Å². The van der Waals surface area contributed by atoms with E-state index in [4.69, 9.17) is 0 Å². The Labute approximate surface area is 145 Å². The number of sulfonamides is 1. The van der Waals surface area contributed by atoms with Gasteiger partial charge in [0.05, 0.1) is 10.6 Å². The molecule has 0 amide bonds. The molecule has 0 atom stereocenters. The predicted molar refractivity (Wildman–Crippen MR) is 98.1 cm³/mol. The van der Waals surface area contributed by atoms with Crippen molar-refractivity contribution in [1.29, 1.82) is 0 Å². The van der Waals surface area contributed by atoms with Crippen LogP contribution in [0.25, 0.3) is 10.6 Å². The minimum atomic E-state index is -3.61. The summed E-state index contributed by atoms with van der Waals surface area (Å²) < 4.78 is 28.2. The molecule has 0 fully saturated rings. The van der Waals surface area contributed by atoms with Crippen molar-refractivity contribution in [1.82, 2.24) is 10.2 Å². The van der Waals surface area contributed by atoms with Crippen LogP contribution in [0.1, 0.15) is 22.4 Å². The van der Waals surface area contributed by atoms with Gasteiger partial charge in [-0.25, -0.2) is 8.42 Å². The molecule has 0 aliphatic carbocycles. The van der Waals surface area contributed by atoms with E-state index in [0.29, 0.717) is 5.69 Å². The summed E-state index contributed by atoms with van der Waals surface area (Å²) in [5.74, 6) is 0. The highest BCUT2D eigenvalue weighted by molar-refractivity contribution is 7.94. The highest BCUT2D eigenvalue weighted by Crippen LogP contribution is 2.33. The average Bonchev–Trinajstić information content (AvgIpc) is 3.11. The van der Waals surface area contributed by atoms with Gasteiger partial charge in [0.25, 0.3) is 10.0 Å². The molecular formula is C17H19N3O2S2. The summed E-state index contributed by atoms with van der Waals surface area (Å²) in [4.78, 5) is 0.831. The summed E-state index contributed by atoms with van der Waals surface area (Å²) in [6.45, 7) is 7.78. The number of H-pyrrole nitrogens is 1. The van der Waals surface area contributed by atoms with Crippen molar-refractivity contribution < 1.29 is 8.42 Å². The van der Waals surface area contributed by atoms with Gasteiger partial charge < -0.3 is 0 Å². The summed E-state index contributed by atoms with van der Waals surface area (Å²) in [7, 11) is -3.61. The lowest BCUT2D eigenvalue weighted by atomic mass is 10.1. The molecule has 0 aliphatic rings. The summed E-state index contributed by atoms with van der Waals surface area (Å²) >= 11 is 1.22. The number of anilines is 1. The highest BCUT2D eigenvalue weighted by Gasteiger charge is 2.20. The fourth-order valence-electron chi connectivity index (χ4n) is 2.44. The Morgan fingerprint density at radius 1 is 1.08 bits per heavy atom. The lowest BCUT2D eigenvalue weighted by Gasteiger charge is -2.09. The molecule has 3 rings (SSSR count). The maximum atomic E-state index is 12.6. The molecule has 2 N–H and O–H groups in total. The number of thiophene rings is 1. The van der Waals surface area contributed by atoms with E-state index in [1.54, 1.807) is 18.2 Å². The van der Waals surface area contributed by atoms with E-state index >= 15 is 0 Å². The van der Waals surface area contributed by atoms with Crippen LogP contribution in [0.5, 0.6) is 0 Å². The summed E-state index contributed by atoms with van der Waals surface area (Å²) in [6, 6.07) is 9.05. The van der Waals surface area contributed by atoms with Gasteiger partial charge in [-0.3, -0.25) is 9.82 Å². The quantitative estimate of drug-likeness (QED) is 0.732. The van der Waals surface area contributed by atoms with Crippen LogP contribution in [0, 0.1) is 27.7 Å². The Balaban J connectivity index is 1.92. The Hall–Kier alpha value is -2.12. The second-order valence-electron chi connectivity index (χ2n) is 5.86. The molecule has 3 aromatic rings. The highest BCUT2D eigenvalue weighted by atomic mass is 32.2. The van der Waals surface area contributed by atoms with Gasteiger partial charge in [0.1, 0.15) is 9.90 Å². The SMILES string of the molecule is Cc1ccc(NS(=O)(=O)c2ccc(-c3n[nH]c(C)c3C)s2)c(C)c1. The third-order valence-electron chi connectivity index (χ3n) is 3.96. The first-order valence-corrected chi connectivity index (χ1v) is 9.80. The molecule has 7 heteroatoms. The first-order valence-electron chi connectivity index (χ1n) is 7.50. The van der Waals surface area contributed by atoms with E-state index in [1.807, 2.05) is 39.8 Å². The summed E-state index contributed by atoms with van der Waals surface area (Å²) in [5.41, 5.74) is 5.40. The fraction of sp³-hybridized carbons (Fsp3) is 0.235. The normalized spacial score (nSPS) is 11.7. The number of nitrogens with zero attached hydrogens (tertiary/aromatic N) is 1. The van der Waals surface area contributed by atoms with Gasteiger partial charge in [-0.05, 0) is 57.0 Å². The number of rotatable bonds is 4. The van der Waals surface area contributed by atoms with Crippen LogP contribution in [0.3, 0.4) is 0 Å². The van der Waals surface area contributed by atoms with Crippen LogP contribution in [0.2, 0.25) is 0 Å². The van der Waals surface area contributed by atoms with Crippen LogP contribution in [-0.4, -0.2) is 18.6 Å². The van der Waals surface area contributed by atoms with Crippen LogP contribution < -0.4 is 4.72 Å². The van der Waals surface area contributed by atoms with Gasteiger partial charge in [-0.15, -0.1) is 11.3 Å². The van der Waals surface area contributed by atoms with Crippen LogP contribution in [-0.2, 0) is 10.0 Å². The van der Waals surface area contributed by atoms with E-state index in [1.165, 1.54) is 11.3 Å². The zero-order valence-electron chi connectivity index (χ0n) is 14.0. The van der Waals surface area contributed by atoms with Crippen LogP contribution >= 0.6 is 11.3 Å². The van der Waals surface area contributed by atoms with Crippen molar-refractivity contribution in [2.24, 2.45) is 0 Å². The zero-order valence-corrected chi connectivity index (χ0v) is 15.6. The average molecular weight is 361 g/mol. The van der Waals surface area contributed by atoms with Gasteiger partial charge in [0.2, 0.25) is 0 Å². The molecule has 0 saturated carbocycles. The minimum Gasteiger partial charge on any atom is -0.282 e. The lowest BCUT2D eigenvalue weighted by Crippen LogP contribution is -2.12. The molecular weight excluding hydrogens is 342 g/mol. The molecule has 1 aromatic carbocycles. The van der Waals surface area contributed by atoms with Gasteiger partial charge in [0, 0.05) is 5.69 Å². The molecule has 2 heterocycles. The molecule has 0 spiro atoms. The first kappa shape index (κ1) is 16.7. The topological polar surface area (TPSA) is 74.8 Å². The number of nitrogens with one attached hydrogen (secondary N) is 2. The molecule has 0 aliphatic heterocycles. The predicted octanol–water partition coefficient (Wildman–Crippen LogP) is 4.17. The molecule has 5 nitrogen and oxygen atoms in total. The molecule has 0 unspecified atom stereocenters. The molecule has 0 bridgehead atoms. The lowest BCUT2D eigenvalue weighted by molar-refractivity contribution is 0.603. The summed E-state index contributed by atoms with van der Waals surface area (Å²) in [5, 5.41) is 7.19. The largest absolute Gasteiger partial charge is 0.282 e. The minimum absolute atomic E-state index is 0.275. The smallest absolute Gasteiger partial charge is 0.271 e. The molecule has 0 radical (unpaired) electrons. The Morgan fingerprint density at radius 2 is 1.83 bits per heavy atom. The Bertz CT molecular complexity index is 1000. The van der Waals surface area contributed by atoms with Crippen molar-refractivity contribution in [3.63, 3.8) is 0 Å². The van der Waals surface area contributed by atoms with Gasteiger partial charge >= 0.3 is 0 Å². The van der Waals surface area contributed by atoms with Gasteiger partial charge in [-0.1, -0.05) is 17.7 Å². The van der Waals surface area contributed by atoms with Crippen LogP contribution in [0.15, 0.2) is 34.5 Å². The number of aryl methyl sites for hydroxylation is 3. The third kappa shape index (κ3) is 3.09. The van der Waals surface area contributed by atoms with E-state index in [9.17, 15) is 8.42 Å².